The minimum atomic E-state index is -0.301. The molecule has 150 valence electrons. The van der Waals surface area contributed by atoms with E-state index in [0.717, 1.165) is 16.8 Å². The number of methoxy groups -OCH3 is 2. The molecule has 0 radical (unpaired) electrons. The van der Waals surface area contributed by atoms with Crippen molar-refractivity contribution in [3.8, 4) is 11.5 Å². The molecule has 0 atom stereocenters. The number of rotatable bonds is 6. The zero-order chi connectivity index (χ0) is 21.0. The van der Waals surface area contributed by atoms with Crippen LogP contribution in [-0.4, -0.2) is 30.1 Å². The molecule has 0 aliphatic heterocycles. The van der Waals surface area contributed by atoms with Crippen LogP contribution in [-0.2, 0) is 0 Å². The standard InChI is InChI=1S/C22H24N4O3/c1-13-8-14(2)10-16(9-13)25-22(27)19-12-21(24-15(3)23-19)26-18-7-6-17(28-4)11-20(18)29-5/h6-12H,1-5H3,(H,25,27)(H,23,24,26). The van der Waals surface area contributed by atoms with Crippen molar-refractivity contribution in [1.29, 1.82) is 0 Å². The van der Waals surface area contributed by atoms with E-state index in [9.17, 15) is 4.79 Å². The first-order valence-electron chi connectivity index (χ1n) is 9.12. The second-order valence-electron chi connectivity index (χ2n) is 6.71. The first kappa shape index (κ1) is 20.1. The quantitative estimate of drug-likeness (QED) is 0.646. The van der Waals surface area contributed by atoms with Crippen LogP contribution in [0.15, 0.2) is 42.5 Å². The van der Waals surface area contributed by atoms with Crippen molar-refractivity contribution in [2.75, 3.05) is 24.9 Å². The Hall–Kier alpha value is -3.61. The lowest BCUT2D eigenvalue weighted by atomic mass is 10.1. The van der Waals surface area contributed by atoms with Crippen molar-refractivity contribution in [3.05, 3.63) is 65.1 Å². The van der Waals surface area contributed by atoms with E-state index in [2.05, 4.69) is 26.7 Å². The molecule has 7 heteroatoms. The maximum absolute atomic E-state index is 12.7. The fourth-order valence-corrected chi connectivity index (χ4v) is 3.03. The summed E-state index contributed by atoms with van der Waals surface area (Å²) < 4.78 is 10.6. The molecule has 0 saturated carbocycles. The lowest BCUT2D eigenvalue weighted by Gasteiger charge is -2.13. The number of amides is 1. The van der Waals surface area contributed by atoms with Gasteiger partial charge in [0, 0.05) is 17.8 Å². The third kappa shape index (κ3) is 5.01. The highest BCUT2D eigenvalue weighted by atomic mass is 16.5. The zero-order valence-electron chi connectivity index (χ0n) is 17.2. The van der Waals surface area contributed by atoms with Crippen molar-refractivity contribution in [1.82, 2.24) is 9.97 Å². The number of hydrogen-bond acceptors (Lipinski definition) is 6. The van der Waals surface area contributed by atoms with Gasteiger partial charge in [-0.05, 0) is 56.2 Å². The average molecular weight is 392 g/mol. The van der Waals surface area contributed by atoms with Gasteiger partial charge < -0.3 is 20.1 Å². The van der Waals surface area contributed by atoms with E-state index in [1.165, 1.54) is 0 Å². The van der Waals surface area contributed by atoms with Crippen molar-refractivity contribution in [2.24, 2.45) is 0 Å². The number of carbonyl (C=O) groups excluding carboxylic acids is 1. The third-order valence-corrected chi connectivity index (χ3v) is 4.22. The van der Waals surface area contributed by atoms with Crippen LogP contribution in [0.1, 0.15) is 27.4 Å². The van der Waals surface area contributed by atoms with Crippen LogP contribution in [0.2, 0.25) is 0 Å². The summed E-state index contributed by atoms with van der Waals surface area (Å²) in [6, 6.07) is 12.9. The molecule has 0 fully saturated rings. The fourth-order valence-electron chi connectivity index (χ4n) is 3.03. The summed E-state index contributed by atoms with van der Waals surface area (Å²) in [7, 11) is 3.17. The van der Waals surface area contributed by atoms with Gasteiger partial charge in [-0.1, -0.05) is 6.07 Å². The zero-order valence-corrected chi connectivity index (χ0v) is 17.2. The van der Waals surface area contributed by atoms with Gasteiger partial charge in [0.05, 0.1) is 19.9 Å². The molecule has 3 rings (SSSR count). The number of benzene rings is 2. The fraction of sp³-hybridized carbons (Fsp3) is 0.227. The van der Waals surface area contributed by atoms with Crippen LogP contribution < -0.4 is 20.1 Å². The molecular formula is C22H24N4O3. The molecule has 3 aromatic rings. The Balaban J connectivity index is 1.85. The van der Waals surface area contributed by atoms with Gasteiger partial charge >= 0.3 is 0 Å². The predicted molar refractivity (Wildman–Crippen MR) is 113 cm³/mol. The molecule has 1 aromatic heterocycles. The number of aromatic nitrogens is 2. The third-order valence-electron chi connectivity index (χ3n) is 4.22. The average Bonchev–Trinajstić information content (AvgIpc) is 2.67. The van der Waals surface area contributed by atoms with Gasteiger partial charge in [0.2, 0.25) is 0 Å². The van der Waals surface area contributed by atoms with E-state index in [-0.39, 0.29) is 11.6 Å². The number of nitrogens with one attached hydrogen (secondary N) is 2. The molecule has 2 N–H and O–H groups in total. The second kappa shape index (κ2) is 8.60. The summed E-state index contributed by atoms with van der Waals surface area (Å²) >= 11 is 0. The molecule has 29 heavy (non-hydrogen) atoms. The maximum atomic E-state index is 12.7. The van der Waals surface area contributed by atoms with Gasteiger partial charge in [-0.3, -0.25) is 4.79 Å². The van der Waals surface area contributed by atoms with E-state index in [1.54, 1.807) is 33.3 Å². The molecule has 0 saturated heterocycles. The Labute approximate surface area is 170 Å². The minimum absolute atomic E-state index is 0.270. The maximum Gasteiger partial charge on any atom is 0.274 e. The van der Waals surface area contributed by atoms with E-state index in [1.807, 2.05) is 38.1 Å². The van der Waals surface area contributed by atoms with Gasteiger partial charge in [-0.2, -0.15) is 0 Å². The Bertz CT molecular complexity index is 1030. The summed E-state index contributed by atoms with van der Waals surface area (Å²) in [6.45, 7) is 5.72. The summed E-state index contributed by atoms with van der Waals surface area (Å²) in [4.78, 5) is 21.4. The monoisotopic (exact) mass is 392 g/mol. The van der Waals surface area contributed by atoms with Crippen LogP contribution in [0.4, 0.5) is 17.2 Å². The van der Waals surface area contributed by atoms with Crippen LogP contribution in [0, 0.1) is 20.8 Å². The molecule has 0 bridgehead atoms. The highest BCUT2D eigenvalue weighted by Gasteiger charge is 2.13. The van der Waals surface area contributed by atoms with Gasteiger partial charge in [-0.25, -0.2) is 9.97 Å². The Morgan fingerprint density at radius 3 is 2.28 bits per heavy atom. The number of hydrogen-bond donors (Lipinski definition) is 2. The van der Waals surface area contributed by atoms with Gasteiger partial charge in [0.15, 0.2) is 0 Å². The number of ether oxygens (including phenoxy) is 2. The van der Waals surface area contributed by atoms with Crippen LogP contribution in [0.3, 0.4) is 0 Å². The van der Waals surface area contributed by atoms with E-state index in [4.69, 9.17) is 9.47 Å². The van der Waals surface area contributed by atoms with Crippen LogP contribution in [0.25, 0.3) is 0 Å². The SMILES string of the molecule is COc1ccc(Nc2cc(C(=O)Nc3cc(C)cc(C)c3)nc(C)n2)c(OC)c1. The van der Waals surface area contributed by atoms with Gasteiger partial charge in [-0.15, -0.1) is 0 Å². The Kier molecular flexibility index (Phi) is 5.97. The smallest absolute Gasteiger partial charge is 0.274 e. The highest BCUT2D eigenvalue weighted by molar-refractivity contribution is 6.03. The van der Waals surface area contributed by atoms with E-state index >= 15 is 0 Å². The minimum Gasteiger partial charge on any atom is -0.497 e. The van der Waals surface area contributed by atoms with Gasteiger partial charge in [0.25, 0.3) is 5.91 Å². The van der Waals surface area contributed by atoms with Crippen molar-refractivity contribution in [3.63, 3.8) is 0 Å². The van der Waals surface area contributed by atoms with Crippen molar-refractivity contribution >= 4 is 23.1 Å². The summed E-state index contributed by atoms with van der Waals surface area (Å²) in [5.41, 5.74) is 3.86. The topological polar surface area (TPSA) is 85.4 Å². The number of anilines is 3. The molecule has 0 aliphatic carbocycles. The molecule has 0 unspecified atom stereocenters. The Morgan fingerprint density at radius 1 is 0.897 bits per heavy atom. The molecule has 1 heterocycles. The summed E-state index contributed by atoms with van der Waals surface area (Å²) in [6.07, 6.45) is 0. The highest BCUT2D eigenvalue weighted by Crippen LogP contribution is 2.31. The van der Waals surface area contributed by atoms with Crippen LogP contribution in [0.5, 0.6) is 11.5 Å². The van der Waals surface area contributed by atoms with E-state index in [0.29, 0.717) is 28.8 Å². The lowest BCUT2D eigenvalue weighted by molar-refractivity contribution is 0.102. The Morgan fingerprint density at radius 2 is 1.62 bits per heavy atom. The largest absolute Gasteiger partial charge is 0.497 e. The van der Waals surface area contributed by atoms with E-state index < -0.39 is 0 Å². The summed E-state index contributed by atoms with van der Waals surface area (Å²) in [5, 5.41) is 6.08. The predicted octanol–water partition coefficient (Wildman–Crippen LogP) is 4.41. The van der Waals surface area contributed by atoms with Crippen molar-refractivity contribution in [2.45, 2.75) is 20.8 Å². The molecular weight excluding hydrogens is 368 g/mol. The summed E-state index contributed by atoms with van der Waals surface area (Å²) in [5.74, 6) is 1.95. The molecule has 0 aliphatic rings. The van der Waals surface area contributed by atoms with Crippen molar-refractivity contribution < 1.29 is 14.3 Å². The van der Waals surface area contributed by atoms with Crippen LogP contribution >= 0.6 is 0 Å². The number of nitrogens with zero attached hydrogens (tertiary/aromatic N) is 2. The molecule has 7 nitrogen and oxygen atoms in total. The second-order valence-corrected chi connectivity index (χ2v) is 6.71. The molecule has 0 spiro atoms. The lowest BCUT2D eigenvalue weighted by Crippen LogP contribution is -2.15. The molecule has 2 aromatic carbocycles. The first-order valence-corrected chi connectivity index (χ1v) is 9.12. The van der Waals surface area contributed by atoms with Gasteiger partial charge in [0.1, 0.15) is 28.8 Å². The molecule has 1 amide bonds. The number of aryl methyl sites for hydroxylation is 3. The first-order chi connectivity index (χ1) is 13.9. The number of carbonyl (C=O) groups is 1. The normalized spacial score (nSPS) is 10.4.